The third-order valence-corrected chi connectivity index (χ3v) is 4.58. The molecule has 0 spiro atoms. The molecule has 1 heterocycles. The Morgan fingerprint density at radius 1 is 1.30 bits per heavy atom. The highest BCUT2D eigenvalue weighted by molar-refractivity contribution is 6.45. The highest BCUT2D eigenvalue weighted by Gasteiger charge is 2.21. The van der Waals surface area contributed by atoms with E-state index in [1.807, 2.05) is 6.07 Å². The third-order valence-electron chi connectivity index (χ3n) is 3.78. The third kappa shape index (κ3) is 2.25. The summed E-state index contributed by atoms with van der Waals surface area (Å²) in [5.74, 6) is -0.790. The van der Waals surface area contributed by atoms with Gasteiger partial charge in [0.2, 0.25) is 0 Å². The lowest BCUT2D eigenvalue weighted by molar-refractivity contribution is -0.136. The summed E-state index contributed by atoms with van der Waals surface area (Å²) < 4.78 is 0. The molecule has 0 atom stereocenters. The number of benzene rings is 1. The predicted molar refractivity (Wildman–Crippen MR) is 79.7 cm³/mol. The lowest BCUT2D eigenvalue weighted by atomic mass is 9.97. The van der Waals surface area contributed by atoms with Crippen LogP contribution in [0.25, 0.3) is 10.9 Å². The van der Waals surface area contributed by atoms with E-state index < -0.39 is 5.97 Å². The summed E-state index contributed by atoms with van der Waals surface area (Å²) in [6.07, 6.45) is 3.58. The fraction of sp³-hybridized carbons (Fsp3) is 0.333. The number of aliphatic carboxylic acids is 1. The van der Waals surface area contributed by atoms with E-state index in [0.717, 1.165) is 35.9 Å². The van der Waals surface area contributed by atoms with Crippen LogP contribution in [0.1, 0.15) is 29.7 Å². The summed E-state index contributed by atoms with van der Waals surface area (Å²) >= 11 is 12.3. The second-order valence-corrected chi connectivity index (χ2v) is 5.81. The first-order valence-corrected chi connectivity index (χ1v) is 7.33. The number of rotatable bonds is 3. The van der Waals surface area contributed by atoms with Crippen LogP contribution < -0.4 is 0 Å². The van der Waals surface area contributed by atoms with Crippen molar-refractivity contribution in [1.82, 2.24) is 4.98 Å². The van der Waals surface area contributed by atoms with Crippen molar-refractivity contribution in [3.8, 4) is 0 Å². The molecule has 1 aromatic heterocycles. The van der Waals surface area contributed by atoms with Crippen LogP contribution in [-0.2, 0) is 24.1 Å². The van der Waals surface area contributed by atoms with Gasteiger partial charge in [-0.25, -0.2) is 0 Å². The zero-order chi connectivity index (χ0) is 14.3. The molecule has 20 heavy (non-hydrogen) atoms. The van der Waals surface area contributed by atoms with E-state index in [-0.39, 0.29) is 6.42 Å². The zero-order valence-electron chi connectivity index (χ0n) is 10.7. The molecule has 0 amide bonds. The standard InChI is InChI=1S/C15H13Cl2NO2/c16-11-6-4-10-8(5-7-13(19)20)9-2-1-3-12(9)18-15(10)14(11)17/h4,6H,1-3,5,7H2,(H,19,20). The monoisotopic (exact) mass is 309 g/mol. The molecule has 1 aromatic carbocycles. The fourth-order valence-corrected chi connectivity index (χ4v) is 3.24. The van der Waals surface area contributed by atoms with Crippen LogP contribution in [0.15, 0.2) is 12.1 Å². The number of pyridine rings is 1. The van der Waals surface area contributed by atoms with Gasteiger partial charge in [-0.05, 0) is 42.9 Å². The maximum atomic E-state index is 10.9. The number of fused-ring (bicyclic) bond motifs is 2. The lowest BCUT2D eigenvalue weighted by Gasteiger charge is -2.13. The average molecular weight is 310 g/mol. The zero-order valence-corrected chi connectivity index (χ0v) is 12.3. The summed E-state index contributed by atoms with van der Waals surface area (Å²) in [6, 6.07) is 3.64. The summed E-state index contributed by atoms with van der Waals surface area (Å²) in [4.78, 5) is 15.5. The minimum Gasteiger partial charge on any atom is -0.481 e. The molecule has 0 saturated carbocycles. The number of hydrogen-bond acceptors (Lipinski definition) is 2. The molecule has 1 aliphatic rings. The van der Waals surface area contributed by atoms with E-state index in [9.17, 15) is 4.79 Å². The Hall–Kier alpha value is -1.32. The number of nitrogens with zero attached hydrogens (tertiary/aromatic N) is 1. The second kappa shape index (κ2) is 5.23. The van der Waals surface area contributed by atoms with Gasteiger partial charge in [0.05, 0.1) is 15.6 Å². The van der Waals surface area contributed by atoms with Gasteiger partial charge in [-0.15, -0.1) is 0 Å². The van der Waals surface area contributed by atoms with E-state index in [0.29, 0.717) is 22.0 Å². The van der Waals surface area contributed by atoms with Gasteiger partial charge in [0, 0.05) is 17.5 Å². The Bertz CT molecular complexity index is 713. The normalized spacial score (nSPS) is 13.7. The number of carboxylic acid groups (broad SMARTS) is 1. The minimum atomic E-state index is -0.790. The van der Waals surface area contributed by atoms with E-state index >= 15 is 0 Å². The summed E-state index contributed by atoms with van der Waals surface area (Å²) in [5.41, 5.74) is 4.02. The number of carbonyl (C=O) groups is 1. The number of halogens is 2. The Balaban J connectivity index is 2.24. The number of carboxylic acids is 1. The second-order valence-electron chi connectivity index (χ2n) is 5.02. The molecule has 2 aromatic rings. The molecule has 0 saturated heterocycles. The van der Waals surface area contributed by atoms with Crippen molar-refractivity contribution in [3.63, 3.8) is 0 Å². The highest BCUT2D eigenvalue weighted by atomic mass is 35.5. The highest BCUT2D eigenvalue weighted by Crippen LogP contribution is 2.36. The molecule has 5 heteroatoms. The van der Waals surface area contributed by atoms with Crippen LogP contribution in [0.5, 0.6) is 0 Å². The Morgan fingerprint density at radius 3 is 2.85 bits per heavy atom. The minimum absolute atomic E-state index is 0.117. The molecule has 0 aliphatic heterocycles. The van der Waals surface area contributed by atoms with E-state index in [1.165, 1.54) is 5.56 Å². The summed E-state index contributed by atoms with van der Waals surface area (Å²) in [5, 5.41) is 10.8. The van der Waals surface area contributed by atoms with Gasteiger partial charge in [-0.2, -0.15) is 0 Å². The van der Waals surface area contributed by atoms with Gasteiger partial charge >= 0.3 is 5.97 Å². The molecule has 0 fully saturated rings. The molecule has 3 rings (SSSR count). The largest absolute Gasteiger partial charge is 0.481 e. The molecule has 0 unspecified atom stereocenters. The van der Waals surface area contributed by atoms with Crippen molar-refractivity contribution >= 4 is 40.1 Å². The van der Waals surface area contributed by atoms with E-state index in [4.69, 9.17) is 28.3 Å². The molecular formula is C15H13Cl2NO2. The first-order valence-electron chi connectivity index (χ1n) is 6.58. The number of aromatic nitrogens is 1. The number of hydrogen-bond donors (Lipinski definition) is 1. The fourth-order valence-electron chi connectivity index (χ4n) is 2.88. The quantitative estimate of drug-likeness (QED) is 0.930. The van der Waals surface area contributed by atoms with Gasteiger partial charge in [0.15, 0.2) is 0 Å². The molecule has 104 valence electrons. The molecule has 0 radical (unpaired) electrons. The van der Waals surface area contributed by atoms with Crippen molar-refractivity contribution in [2.45, 2.75) is 32.1 Å². The summed E-state index contributed by atoms with van der Waals surface area (Å²) in [7, 11) is 0. The van der Waals surface area contributed by atoms with Gasteiger partial charge in [-0.1, -0.05) is 29.3 Å². The van der Waals surface area contributed by atoms with Crippen LogP contribution in [0.3, 0.4) is 0 Å². The van der Waals surface area contributed by atoms with Crippen molar-refractivity contribution in [3.05, 3.63) is 39.0 Å². The molecule has 1 N–H and O–H groups in total. The first kappa shape index (κ1) is 13.7. The molecule has 0 bridgehead atoms. The van der Waals surface area contributed by atoms with E-state index in [2.05, 4.69) is 4.98 Å². The summed E-state index contributed by atoms with van der Waals surface area (Å²) in [6.45, 7) is 0. The van der Waals surface area contributed by atoms with Crippen molar-refractivity contribution in [2.75, 3.05) is 0 Å². The topological polar surface area (TPSA) is 50.2 Å². The van der Waals surface area contributed by atoms with Crippen molar-refractivity contribution in [1.29, 1.82) is 0 Å². The van der Waals surface area contributed by atoms with Crippen LogP contribution in [0.4, 0.5) is 0 Å². The van der Waals surface area contributed by atoms with Crippen LogP contribution >= 0.6 is 23.2 Å². The maximum Gasteiger partial charge on any atom is 0.303 e. The van der Waals surface area contributed by atoms with Crippen molar-refractivity contribution in [2.24, 2.45) is 0 Å². The Labute approximate surface area is 126 Å². The van der Waals surface area contributed by atoms with Crippen molar-refractivity contribution < 1.29 is 9.90 Å². The molecule has 1 aliphatic carbocycles. The van der Waals surface area contributed by atoms with Crippen LogP contribution in [0.2, 0.25) is 10.0 Å². The van der Waals surface area contributed by atoms with Gasteiger partial charge in [0.25, 0.3) is 0 Å². The van der Waals surface area contributed by atoms with Gasteiger partial charge < -0.3 is 5.11 Å². The van der Waals surface area contributed by atoms with E-state index in [1.54, 1.807) is 6.07 Å². The Kier molecular flexibility index (Phi) is 3.57. The van der Waals surface area contributed by atoms with Gasteiger partial charge in [0.1, 0.15) is 0 Å². The Morgan fingerprint density at radius 2 is 2.10 bits per heavy atom. The molecular weight excluding hydrogens is 297 g/mol. The molecule has 3 nitrogen and oxygen atoms in total. The first-order chi connectivity index (χ1) is 9.58. The lowest BCUT2D eigenvalue weighted by Crippen LogP contribution is -2.03. The predicted octanol–water partition coefficient (Wildman–Crippen LogP) is 4.05. The maximum absolute atomic E-state index is 10.9. The smallest absolute Gasteiger partial charge is 0.303 e. The number of aryl methyl sites for hydroxylation is 2. The SMILES string of the molecule is O=C(O)CCc1c2c(nc3c(Cl)c(Cl)ccc13)CCC2. The van der Waals surface area contributed by atoms with Crippen LogP contribution in [0, 0.1) is 0 Å². The average Bonchev–Trinajstić information content (AvgIpc) is 2.87. The van der Waals surface area contributed by atoms with Crippen LogP contribution in [-0.4, -0.2) is 16.1 Å². The van der Waals surface area contributed by atoms with Gasteiger partial charge in [-0.3, -0.25) is 9.78 Å².